The molecule has 0 fully saturated rings. The number of hydrogen-bond acceptors (Lipinski definition) is 5. The van der Waals surface area contributed by atoms with E-state index in [0.717, 1.165) is 51.4 Å². The van der Waals surface area contributed by atoms with E-state index in [1.165, 1.54) is 205 Å². The molecule has 364 valence electrons. The molecule has 62 heavy (non-hydrogen) atoms. The van der Waals surface area contributed by atoms with Gasteiger partial charge in [-0.2, -0.15) is 0 Å². The monoisotopic (exact) mass is 872 g/mol. The summed E-state index contributed by atoms with van der Waals surface area (Å²) in [5.74, 6) is -0.0832. The lowest BCUT2D eigenvalue weighted by molar-refractivity contribution is -0.143. The number of hydrogen-bond donors (Lipinski definition) is 3. The molecule has 0 radical (unpaired) electrons. The van der Waals surface area contributed by atoms with Gasteiger partial charge in [-0.1, -0.05) is 230 Å². The Morgan fingerprint density at radius 2 is 0.774 bits per heavy atom. The normalized spacial score (nSPS) is 12.9. The summed E-state index contributed by atoms with van der Waals surface area (Å²) in [4.78, 5) is 24.4. The van der Waals surface area contributed by atoms with Crippen LogP contribution in [-0.4, -0.2) is 47.4 Å². The number of carbonyl (C=O) groups excluding carboxylic acids is 2. The largest absolute Gasteiger partial charge is 0.466 e. The van der Waals surface area contributed by atoms with Crippen molar-refractivity contribution in [3.8, 4) is 0 Å². The van der Waals surface area contributed by atoms with Crippen LogP contribution in [0.15, 0.2) is 36.5 Å². The van der Waals surface area contributed by atoms with E-state index in [1.54, 1.807) is 6.08 Å². The average molecular weight is 872 g/mol. The number of unbranched alkanes of at least 4 members (excludes halogenated alkanes) is 35. The van der Waals surface area contributed by atoms with Gasteiger partial charge in [0.25, 0.3) is 0 Å². The van der Waals surface area contributed by atoms with Crippen LogP contribution in [0.2, 0.25) is 0 Å². The number of aliphatic hydroxyl groups is 2. The lowest BCUT2D eigenvalue weighted by atomic mass is 10.0. The first-order valence-electron chi connectivity index (χ1n) is 27.3. The molecule has 2 atom stereocenters. The predicted octanol–water partition coefficient (Wildman–Crippen LogP) is 16.5. The Balaban J connectivity index is 3.47. The zero-order chi connectivity index (χ0) is 45.1. The van der Waals surface area contributed by atoms with Gasteiger partial charge in [-0.3, -0.25) is 9.59 Å². The number of aliphatic hydroxyl groups excluding tert-OH is 2. The molecule has 2 unspecified atom stereocenters. The molecule has 0 spiro atoms. The van der Waals surface area contributed by atoms with Crippen molar-refractivity contribution in [2.45, 2.75) is 296 Å². The van der Waals surface area contributed by atoms with Gasteiger partial charge < -0.3 is 20.3 Å². The number of esters is 1. The van der Waals surface area contributed by atoms with Gasteiger partial charge in [-0.05, 0) is 77.0 Å². The van der Waals surface area contributed by atoms with Crippen LogP contribution in [0.3, 0.4) is 0 Å². The van der Waals surface area contributed by atoms with E-state index in [9.17, 15) is 19.8 Å². The van der Waals surface area contributed by atoms with E-state index in [-0.39, 0.29) is 18.5 Å². The fourth-order valence-electron chi connectivity index (χ4n) is 8.14. The van der Waals surface area contributed by atoms with Gasteiger partial charge in [-0.25, -0.2) is 0 Å². The number of ether oxygens (including phenoxy) is 1. The number of allylic oxidation sites excluding steroid dienone is 5. The Kier molecular flexibility index (Phi) is 50.1. The van der Waals surface area contributed by atoms with E-state index < -0.39 is 12.1 Å². The Labute approximate surface area is 385 Å². The van der Waals surface area contributed by atoms with Gasteiger partial charge in [0.2, 0.25) is 5.91 Å². The maximum atomic E-state index is 12.4. The van der Waals surface area contributed by atoms with E-state index >= 15 is 0 Å². The molecule has 0 aliphatic rings. The minimum atomic E-state index is -0.849. The molecule has 3 N–H and O–H groups in total. The van der Waals surface area contributed by atoms with Crippen molar-refractivity contribution in [1.29, 1.82) is 0 Å². The maximum absolute atomic E-state index is 12.4. The first-order valence-corrected chi connectivity index (χ1v) is 27.3. The molecule has 0 aliphatic heterocycles. The van der Waals surface area contributed by atoms with Gasteiger partial charge in [0.05, 0.1) is 25.4 Å². The second-order valence-electron chi connectivity index (χ2n) is 18.5. The standard InChI is InChI=1S/C56H105NO5/c1-3-5-7-9-11-13-15-16-25-29-32-36-40-44-48-54(59)53(52-58)57-55(60)49-45-41-37-33-30-26-23-21-19-17-18-20-22-24-27-31-35-39-43-47-51-62-56(61)50-46-42-38-34-28-14-12-10-8-6-4-2/h10,12,17,19,44,48,53-54,58-59H,3-9,11,13-16,18,20-43,45-47,49-52H2,1-2H3,(H,57,60)/b12-10-,19-17-,48-44+. The maximum Gasteiger partial charge on any atom is 0.305 e. The molecular formula is C56H105NO5. The molecule has 0 aromatic heterocycles. The summed E-state index contributed by atoms with van der Waals surface area (Å²) in [5, 5.41) is 23.1. The van der Waals surface area contributed by atoms with Gasteiger partial charge >= 0.3 is 5.97 Å². The quantitative estimate of drug-likeness (QED) is 0.0321. The molecule has 0 bridgehead atoms. The van der Waals surface area contributed by atoms with Crippen LogP contribution in [0, 0.1) is 0 Å². The number of rotatable bonds is 50. The topological polar surface area (TPSA) is 95.9 Å². The molecule has 0 saturated heterocycles. The van der Waals surface area contributed by atoms with Crippen molar-refractivity contribution in [2.75, 3.05) is 13.2 Å². The van der Waals surface area contributed by atoms with Crippen LogP contribution in [0.4, 0.5) is 0 Å². The smallest absolute Gasteiger partial charge is 0.305 e. The molecular weight excluding hydrogens is 767 g/mol. The van der Waals surface area contributed by atoms with Crippen LogP contribution in [-0.2, 0) is 14.3 Å². The summed E-state index contributed by atoms with van der Waals surface area (Å²) < 4.78 is 5.45. The molecule has 0 aromatic carbocycles. The molecule has 6 heteroatoms. The van der Waals surface area contributed by atoms with Gasteiger partial charge in [-0.15, -0.1) is 0 Å². The number of carbonyl (C=O) groups is 2. The van der Waals surface area contributed by atoms with Crippen molar-refractivity contribution in [2.24, 2.45) is 0 Å². The Morgan fingerprint density at radius 1 is 0.435 bits per heavy atom. The lowest BCUT2D eigenvalue weighted by Crippen LogP contribution is -2.45. The SMILES string of the molecule is CCCC/C=C\CCCCCCCC(=O)OCCCCCCCCCCC/C=C\CCCCCCCCCC(=O)NC(CO)C(O)/C=C/CCCCCCCCCCCCCC. The minimum Gasteiger partial charge on any atom is -0.466 e. The molecule has 0 saturated carbocycles. The predicted molar refractivity (Wildman–Crippen MR) is 269 cm³/mol. The van der Waals surface area contributed by atoms with Crippen molar-refractivity contribution in [1.82, 2.24) is 5.32 Å². The van der Waals surface area contributed by atoms with Crippen molar-refractivity contribution in [3.63, 3.8) is 0 Å². The van der Waals surface area contributed by atoms with Crippen LogP contribution in [0.5, 0.6) is 0 Å². The Morgan fingerprint density at radius 3 is 1.19 bits per heavy atom. The molecule has 0 heterocycles. The van der Waals surface area contributed by atoms with E-state index in [1.807, 2.05) is 6.08 Å². The summed E-state index contributed by atoms with van der Waals surface area (Å²) >= 11 is 0. The highest BCUT2D eigenvalue weighted by Gasteiger charge is 2.18. The third-order valence-electron chi connectivity index (χ3n) is 12.4. The average Bonchev–Trinajstić information content (AvgIpc) is 3.27. The zero-order valence-electron chi connectivity index (χ0n) is 41.4. The summed E-state index contributed by atoms with van der Waals surface area (Å²) in [6, 6.07) is -0.634. The fraction of sp³-hybridized carbons (Fsp3) is 0.857. The van der Waals surface area contributed by atoms with Gasteiger partial charge in [0.15, 0.2) is 0 Å². The summed E-state index contributed by atoms with van der Waals surface area (Å²) in [7, 11) is 0. The second-order valence-corrected chi connectivity index (χ2v) is 18.5. The lowest BCUT2D eigenvalue weighted by Gasteiger charge is -2.20. The molecule has 0 aliphatic carbocycles. The summed E-state index contributed by atoms with van der Waals surface area (Å²) in [5.41, 5.74) is 0. The first kappa shape index (κ1) is 60.1. The van der Waals surface area contributed by atoms with Crippen molar-refractivity contribution >= 4 is 11.9 Å². The highest BCUT2D eigenvalue weighted by Crippen LogP contribution is 2.15. The van der Waals surface area contributed by atoms with E-state index in [0.29, 0.717) is 19.4 Å². The highest BCUT2D eigenvalue weighted by molar-refractivity contribution is 5.76. The number of nitrogens with one attached hydrogen (secondary N) is 1. The Hall–Kier alpha value is -1.92. The molecule has 1 amide bonds. The molecule has 0 aromatic rings. The molecule has 6 nitrogen and oxygen atoms in total. The minimum absolute atomic E-state index is 0.00612. The molecule has 0 rings (SSSR count). The van der Waals surface area contributed by atoms with Crippen LogP contribution in [0.1, 0.15) is 284 Å². The van der Waals surface area contributed by atoms with Crippen LogP contribution in [0.25, 0.3) is 0 Å². The van der Waals surface area contributed by atoms with Crippen molar-refractivity contribution < 1.29 is 24.5 Å². The first-order chi connectivity index (χ1) is 30.5. The van der Waals surface area contributed by atoms with Crippen LogP contribution >= 0.6 is 0 Å². The fourth-order valence-corrected chi connectivity index (χ4v) is 8.14. The van der Waals surface area contributed by atoms with Gasteiger partial charge in [0, 0.05) is 12.8 Å². The van der Waals surface area contributed by atoms with Crippen molar-refractivity contribution in [3.05, 3.63) is 36.5 Å². The second kappa shape index (κ2) is 51.7. The summed E-state index contributed by atoms with van der Waals surface area (Å²) in [6.45, 7) is 4.85. The van der Waals surface area contributed by atoms with E-state index in [4.69, 9.17) is 4.74 Å². The van der Waals surface area contributed by atoms with Gasteiger partial charge in [0.1, 0.15) is 0 Å². The summed E-state index contributed by atoms with van der Waals surface area (Å²) in [6.07, 6.45) is 63.0. The van der Waals surface area contributed by atoms with Crippen LogP contribution < -0.4 is 5.32 Å². The third kappa shape index (κ3) is 47.6. The van der Waals surface area contributed by atoms with E-state index in [2.05, 4.69) is 43.5 Å². The number of amides is 1. The zero-order valence-corrected chi connectivity index (χ0v) is 41.4. The highest BCUT2D eigenvalue weighted by atomic mass is 16.5. The third-order valence-corrected chi connectivity index (χ3v) is 12.4. The Bertz CT molecular complexity index is 1010.